The Morgan fingerprint density at radius 2 is 1.86 bits per heavy atom. The molecule has 0 fully saturated rings. The number of hydrogen-bond acceptors (Lipinski definition) is 3. The van der Waals surface area contributed by atoms with Crippen LogP contribution in [-0.2, 0) is 4.79 Å². The third-order valence-corrected chi connectivity index (χ3v) is 2.47. The van der Waals surface area contributed by atoms with Gasteiger partial charge in [-0.05, 0) is 13.3 Å². The molecule has 0 heterocycles. The first-order valence-electron chi connectivity index (χ1n) is 4.87. The van der Waals surface area contributed by atoms with Crippen LogP contribution in [0.2, 0.25) is 0 Å². The van der Waals surface area contributed by atoms with Gasteiger partial charge < -0.3 is 15.5 Å². The SMILES string of the molecule is CCC(C)(C)C(=O)NCC(C)(O)CO. The first-order chi connectivity index (χ1) is 6.25. The lowest BCUT2D eigenvalue weighted by molar-refractivity contribution is -0.131. The Labute approximate surface area is 85.3 Å². The second-order valence-electron chi connectivity index (χ2n) is 4.58. The molecule has 4 nitrogen and oxygen atoms in total. The van der Waals surface area contributed by atoms with Crippen molar-refractivity contribution in [1.29, 1.82) is 0 Å². The van der Waals surface area contributed by atoms with Gasteiger partial charge in [0.15, 0.2) is 0 Å². The first kappa shape index (κ1) is 13.4. The molecule has 0 saturated heterocycles. The predicted octanol–water partition coefficient (Wildman–Crippen LogP) is 0.282. The van der Waals surface area contributed by atoms with Gasteiger partial charge in [-0.3, -0.25) is 4.79 Å². The van der Waals surface area contributed by atoms with Crippen LogP contribution in [0.3, 0.4) is 0 Å². The minimum Gasteiger partial charge on any atom is -0.393 e. The first-order valence-corrected chi connectivity index (χ1v) is 4.87. The van der Waals surface area contributed by atoms with Crippen LogP contribution in [0.1, 0.15) is 34.1 Å². The largest absolute Gasteiger partial charge is 0.393 e. The van der Waals surface area contributed by atoms with Gasteiger partial charge in [0.25, 0.3) is 0 Å². The monoisotopic (exact) mass is 203 g/mol. The summed E-state index contributed by atoms with van der Waals surface area (Å²) in [6.07, 6.45) is 0.736. The smallest absolute Gasteiger partial charge is 0.225 e. The fraction of sp³-hybridized carbons (Fsp3) is 0.900. The van der Waals surface area contributed by atoms with Crippen LogP contribution in [-0.4, -0.2) is 34.9 Å². The van der Waals surface area contributed by atoms with Crippen molar-refractivity contribution in [2.45, 2.75) is 39.7 Å². The molecule has 0 aliphatic carbocycles. The van der Waals surface area contributed by atoms with Crippen molar-refractivity contribution in [3.05, 3.63) is 0 Å². The molecule has 14 heavy (non-hydrogen) atoms. The molecule has 1 atom stereocenters. The van der Waals surface area contributed by atoms with E-state index in [0.29, 0.717) is 0 Å². The van der Waals surface area contributed by atoms with Crippen LogP contribution in [0, 0.1) is 5.41 Å². The van der Waals surface area contributed by atoms with Crippen molar-refractivity contribution in [3.63, 3.8) is 0 Å². The Morgan fingerprint density at radius 3 is 2.21 bits per heavy atom. The van der Waals surface area contributed by atoms with Gasteiger partial charge in [0.1, 0.15) is 5.60 Å². The van der Waals surface area contributed by atoms with Crippen molar-refractivity contribution in [3.8, 4) is 0 Å². The Hall–Kier alpha value is -0.610. The summed E-state index contributed by atoms with van der Waals surface area (Å²) in [7, 11) is 0. The molecule has 0 aliphatic heterocycles. The van der Waals surface area contributed by atoms with Crippen LogP contribution >= 0.6 is 0 Å². The van der Waals surface area contributed by atoms with E-state index in [2.05, 4.69) is 5.32 Å². The Balaban J connectivity index is 4.10. The summed E-state index contributed by atoms with van der Waals surface area (Å²) < 4.78 is 0. The lowest BCUT2D eigenvalue weighted by Gasteiger charge is -2.26. The van der Waals surface area contributed by atoms with Crippen molar-refractivity contribution in [2.24, 2.45) is 5.41 Å². The highest BCUT2D eigenvalue weighted by molar-refractivity contribution is 5.81. The van der Waals surface area contributed by atoms with Crippen molar-refractivity contribution < 1.29 is 15.0 Å². The molecule has 0 aromatic rings. The molecule has 0 rings (SSSR count). The summed E-state index contributed by atoms with van der Waals surface area (Å²) in [5.74, 6) is -0.103. The van der Waals surface area contributed by atoms with E-state index in [9.17, 15) is 9.90 Å². The quantitative estimate of drug-likeness (QED) is 0.601. The van der Waals surface area contributed by atoms with Gasteiger partial charge in [0.05, 0.1) is 6.61 Å². The molecule has 1 unspecified atom stereocenters. The topological polar surface area (TPSA) is 69.6 Å². The van der Waals surface area contributed by atoms with E-state index in [1.165, 1.54) is 6.92 Å². The second-order valence-corrected chi connectivity index (χ2v) is 4.58. The molecule has 1 amide bonds. The number of amides is 1. The zero-order valence-electron chi connectivity index (χ0n) is 9.42. The zero-order valence-corrected chi connectivity index (χ0v) is 9.42. The molecular formula is C10H21NO3. The predicted molar refractivity (Wildman–Crippen MR) is 54.8 cm³/mol. The fourth-order valence-corrected chi connectivity index (χ4v) is 0.726. The maximum atomic E-state index is 11.6. The van der Waals surface area contributed by atoms with Crippen LogP contribution in [0.15, 0.2) is 0 Å². The van der Waals surface area contributed by atoms with E-state index in [4.69, 9.17) is 5.11 Å². The number of carbonyl (C=O) groups is 1. The number of aliphatic hydroxyl groups excluding tert-OH is 1. The van der Waals surface area contributed by atoms with Crippen molar-refractivity contribution in [2.75, 3.05) is 13.2 Å². The van der Waals surface area contributed by atoms with E-state index < -0.39 is 11.0 Å². The van der Waals surface area contributed by atoms with Crippen LogP contribution in [0.25, 0.3) is 0 Å². The van der Waals surface area contributed by atoms with E-state index in [1.807, 2.05) is 20.8 Å². The Bertz CT molecular complexity index is 200. The second kappa shape index (κ2) is 4.75. The van der Waals surface area contributed by atoms with Gasteiger partial charge in [-0.1, -0.05) is 20.8 Å². The zero-order chi connectivity index (χ0) is 11.4. The minimum absolute atomic E-state index is 0.0752. The minimum atomic E-state index is -1.24. The molecule has 84 valence electrons. The van der Waals surface area contributed by atoms with Crippen LogP contribution in [0.5, 0.6) is 0 Å². The highest BCUT2D eigenvalue weighted by Crippen LogP contribution is 2.19. The van der Waals surface area contributed by atoms with Gasteiger partial charge in [-0.15, -0.1) is 0 Å². The third kappa shape index (κ3) is 4.07. The number of carbonyl (C=O) groups excluding carboxylic acids is 1. The molecule has 0 spiro atoms. The molecule has 3 N–H and O–H groups in total. The average molecular weight is 203 g/mol. The summed E-state index contributed by atoms with van der Waals surface area (Å²) in [4.78, 5) is 11.6. The van der Waals surface area contributed by atoms with E-state index >= 15 is 0 Å². The Kier molecular flexibility index (Phi) is 4.55. The van der Waals surface area contributed by atoms with Crippen LogP contribution < -0.4 is 5.32 Å². The molecule has 0 aromatic heterocycles. The third-order valence-electron chi connectivity index (χ3n) is 2.47. The van der Waals surface area contributed by atoms with Gasteiger partial charge in [0.2, 0.25) is 5.91 Å². The average Bonchev–Trinajstić information content (AvgIpc) is 2.14. The molecule has 0 radical (unpaired) electrons. The Morgan fingerprint density at radius 1 is 1.36 bits per heavy atom. The lowest BCUT2D eigenvalue weighted by atomic mass is 9.89. The van der Waals surface area contributed by atoms with Gasteiger partial charge >= 0.3 is 0 Å². The molecule has 0 saturated carbocycles. The molecule has 0 aromatic carbocycles. The molecule has 0 aliphatic rings. The van der Waals surface area contributed by atoms with Gasteiger partial charge in [0, 0.05) is 12.0 Å². The highest BCUT2D eigenvalue weighted by atomic mass is 16.3. The molecule has 0 bridgehead atoms. The summed E-state index contributed by atoms with van der Waals surface area (Å²) in [5.41, 5.74) is -1.66. The van der Waals surface area contributed by atoms with E-state index in [-0.39, 0.29) is 19.1 Å². The number of rotatable bonds is 5. The van der Waals surface area contributed by atoms with Crippen molar-refractivity contribution in [1.82, 2.24) is 5.32 Å². The number of hydrogen-bond donors (Lipinski definition) is 3. The molecule has 4 heteroatoms. The van der Waals surface area contributed by atoms with Crippen molar-refractivity contribution >= 4 is 5.91 Å². The molecular weight excluding hydrogens is 182 g/mol. The standard InChI is InChI=1S/C10H21NO3/c1-5-9(2,3)8(13)11-6-10(4,14)7-12/h12,14H,5-7H2,1-4H3,(H,11,13). The van der Waals surface area contributed by atoms with Gasteiger partial charge in [-0.2, -0.15) is 0 Å². The normalized spacial score (nSPS) is 16.1. The van der Waals surface area contributed by atoms with E-state index in [1.54, 1.807) is 0 Å². The summed E-state index contributed by atoms with van der Waals surface area (Å²) >= 11 is 0. The fourth-order valence-electron chi connectivity index (χ4n) is 0.726. The van der Waals surface area contributed by atoms with Crippen LogP contribution in [0.4, 0.5) is 0 Å². The van der Waals surface area contributed by atoms with E-state index in [0.717, 1.165) is 6.42 Å². The lowest BCUT2D eigenvalue weighted by Crippen LogP contribution is -2.47. The maximum absolute atomic E-state index is 11.6. The highest BCUT2D eigenvalue weighted by Gasteiger charge is 2.27. The summed E-state index contributed by atoms with van der Waals surface area (Å²) in [6.45, 7) is 6.81. The maximum Gasteiger partial charge on any atom is 0.225 e. The summed E-state index contributed by atoms with van der Waals surface area (Å²) in [6, 6.07) is 0. The number of aliphatic hydroxyl groups is 2. The number of nitrogens with one attached hydrogen (secondary N) is 1. The van der Waals surface area contributed by atoms with Gasteiger partial charge in [-0.25, -0.2) is 0 Å². The summed E-state index contributed by atoms with van der Waals surface area (Å²) in [5, 5.41) is 20.8.